The summed E-state index contributed by atoms with van der Waals surface area (Å²) in [6.45, 7) is 1.20. The second-order valence-corrected chi connectivity index (χ2v) is 12.5. The summed E-state index contributed by atoms with van der Waals surface area (Å²) in [4.78, 5) is 22.5. The summed E-state index contributed by atoms with van der Waals surface area (Å²) in [7, 11) is 0. The first kappa shape index (κ1) is 33.6. The maximum atomic E-state index is 14.5. The third-order valence-electron chi connectivity index (χ3n) is 8.47. The van der Waals surface area contributed by atoms with Crippen molar-refractivity contribution in [3.05, 3.63) is 109 Å². The average Bonchev–Trinajstić information content (AvgIpc) is 3.45. The molecule has 3 N–H and O–H groups in total. The number of benzene rings is 3. The van der Waals surface area contributed by atoms with Crippen molar-refractivity contribution in [3.63, 3.8) is 0 Å². The number of amides is 1. The van der Waals surface area contributed by atoms with E-state index < -0.39 is 11.6 Å². The van der Waals surface area contributed by atoms with Gasteiger partial charge in [-0.3, -0.25) is 10.2 Å². The first-order chi connectivity index (χ1) is 22.4. The Morgan fingerprint density at radius 3 is 2.57 bits per heavy atom. The molecule has 0 radical (unpaired) electrons. The van der Waals surface area contributed by atoms with Crippen LogP contribution in [0.3, 0.4) is 0 Å². The van der Waals surface area contributed by atoms with Crippen molar-refractivity contribution >= 4 is 35.0 Å². The molecule has 3 aromatic carbocycles. The van der Waals surface area contributed by atoms with E-state index in [1.807, 2.05) is 36.4 Å². The molecule has 0 bridgehead atoms. The number of rotatable bonds is 14. The van der Waals surface area contributed by atoms with E-state index in [-0.39, 0.29) is 31.4 Å². The molecule has 5 rings (SSSR count). The molecule has 1 amide bonds. The molecule has 242 valence electrons. The molecule has 12 heteroatoms. The standard InChI is InChI=1S/C34H38Cl2N6O4/c35-27-13-16-29(30(36)19-27)31-34(20-25-9-4-5-10-26(25)22-39-42-37,33(44)41-38-21-23-7-2-1-3-8-23)40-32(46-31)24-11-14-28(15-12-24)45-18-6-17-43/h4-5,9-16,19,23,31,38,43H,1-3,6-8,17-18,20-22H2,(H,41,44)/t31-,34-/m0/s1. The van der Waals surface area contributed by atoms with E-state index >= 15 is 0 Å². The van der Waals surface area contributed by atoms with Gasteiger partial charge in [-0.25, -0.2) is 10.4 Å². The van der Waals surface area contributed by atoms with E-state index in [0.717, 1.165) is 24.0 Å². The maximum Gasteiger partial charge on any atom is 0.266 e. The minimum absolute atomic E-state index is 0.0447. The van der Waals surface area contributed by atoms with Gasteiger partial charge in [0.1, 0.15) is 5.75 Å². The summed E-state index contributed by atoms with van der Waals surface area (Å²) in [5.74, 6) is 1.01. The molecule has 1 saturated carbocycles. The number of nitrogens with one attached hydrogen (secondary N) is 2. The van der Waals surface area contributed by atoms with Crippen LogP contribution in [0.4, 0.5) is 0 Å². The zero-order valence-corrected chi connectivity index (χ0v) is 27.0. The lowest BCUT2D eigenvalue weighted by Crippen LogP contribution is -2.54. The fourth-order valence-corrected chi connectivity index (χ4v) is 6.54. The van der Waals surface area contributed by atoms with Crippen molar-refractivity contribution in [3.8, 4) is 5.75 Å². The number of azide groups is 1. The number of aliphatic imine (C=N–C) groups is 1. The first-order valence-electron chi connectivity index (χ1n) is 15.6. The monoisotopic (exact) mass is 664 g/mol. The number of hydrogen-bond acceptors (Lipinski definition) is 7. The van der Waals surface area contributed by atoms with Gasteiger partial charge in [-0.15, -0.1) is 0 Å². The quantitative estimate of drug-likeness (QED) is 0.0546. The third-order valence-corrected chi connectivity index (χ3v) is 9.04. The zero-order valence-electron chi connectivity index (χ0n) is 25.5. The normalized spacial score (nSPS) is 19.5. The van der Waals surface area contributed by atoms with E-state index in [4.69, 9.17) is 48.3 Å². The number of aliphatic hydroxyl groups is 1. The molecular weight excluding hydrogens is 627 g/mol. The van der Waals surface area contributed by atoms with Crippen molar-refractivity contribution in [2.75, 3.05) is 19.8 Å². The SMILES string of the molecule is [N-]=[N+]=NCc1ccccc1C[C@]1(C(=O)NNCC2CCCCC2)N=C(c2ccc(OCCCO)cc2)O[C@H]1c1ccc(Cl)cc1Cl. The Labute approximate surface area is 278 Å². The Morgan fingerprint density at radius 2 is 1.85 bits per heavy atom. The van der Waals surface area contributed by atoms with Crippen LogP contribution in [0.2, 0.25) is 10.0 Å². The van der Waals surface area contributed by atoms with Crippen LogP contribution in [-0.4, -0.2) is 42.2 Å². The molecule has 2 atom stereocenters. The molecule has 0 spiro atoms. The number of hydrogen-bond donors (Lipinski definition) is 3. The number of nitrogens with zero attached hydrogens (tertiary/aromatic N) is 4. The minimum atomic E-state index is -1.50. The lowest BCUT2D eigenvalue weighted by Gasteiger charge is -2.32. The predicted octanol–water partition coefficient (Wildman–Crippen LogP) is 7.27. The van der Waals surface area contributed by atoms with Gasteiger partial charge in [-0.05, 0) is 71.8 Å². The second-order valence-electron chi connectivity index (χ2n) is 11.6. The molecule has 2 aliphatic rings. The highest BCUT2D eigenvalue weighted by molar-refractivity contribution is 6.35. The Hall–Kier alpha value is -3.79. The summed E-state index contributed by atoms with van der Waals surface area (Å²) >= 11 is 13.0. The fraction of sp³-hybridized carbons (Fsp3) is 0.412. The first-order valence-corrected chi connectivity index (χ1v) is 16.4. The summed E-state index contributed by atoms with van der Waals surface area (Å²) < 4.78 is 12.3. The van der Waals surface area contributed by atoms with E-state index in [1.165, 1.54) is 19.3 Å². The van der Waals surface area contributed by atoms with Crippen LogP contribution < -0.4 is 15.6 Å². The Morgan fingerprint density at radius 1 is 1.09 bits per heavy atom. The smallest absolute Gasteiger partial charge is 0.266 e. The van der Waals surface area contributed by atoms with Gasteiger partial charge in [0.25, 0.3) is 5.91 Å². The number of halogens is 2. The number of hydrazine groups is 1. The summed E-state index contributed by atoms with van der Waals surface area (Å²) in [6.07, 6.45) is 5.60. The molecule has 10 nitrogen and oxygen atoms in total. The van der Waals surface area contributed by atoms with Gasteiger partial charge in [0.05, 0.1) is 13.2 Å². The van der Waals surface area contributed by atoms with Crippen molar-refractivity contribution < 1.29 is 19.4 Å². The predicted molar refractivity (Wildman–Crippen MR) is 179 cm³/mol. The van der Waals surface area contributed by atoms with Gasteiger partial charge < -0.3 is 14.6 Å². The molecule has 0 aromatic heterocycles. The highest BCUT2D eigenvalue weighted by Gasteiger charge is 2.54. The van der Waals surface area contributed by atoms with Crippen LogP contribution >= 0.6 is 23.2 Å². The molecule has 1 aliphatic carbocycles. The zero-order chi connectivity index (χ0) is 32.4. The number of carbonyl (C=O) groups is 1. The summed E-state index contributed by atoms with van der Waals surface area (Å²) in [6, 6.07) is 19.8. The molecule has 1 fully saturated rings. The lowest BCUT2D eigenvalue weighted by atomic mass is 9.81. The number of ether oxygens (including phenoxy) is 2. The van der Waals surface area contributed by atoms with E-state index in [2.05, 4.69) is 20.9 Å². The molecular formula is C34H38Cl2N6O4. The van der Waals surface area contributed by atoms with Gasteiger partial charge in [0.15, 0.2) is 11.6 Å². The fourth-order valence-electron chi connectivity index (χ4n) is 6.03. The average molecular weight is 666 g/mol. The molecule has 46 heavy (non-hydrogen) atoms. The van der Waals surface area contributed by atoms with Crippen molar-refractivity contribution in [2.24, 2.45) is 16.0 Å². The van der Waals surface area contributed by atoms with E-state index in [1.54, 1.807) is 30.3 Å². The summed E-state index contributed by atoms with van der Waals surface area (Å²) in [5, 5.41) is 13.7. The number of aliphatic hydroxyl groups excluding tert-OH is 1. The van der Waals surface area contributed by atoms with Crippen LogP contribution in [0, 0.1) is 5.92 Å². The van der Waals surface area contributed by atoms with Gasteiger partial charge in [0.2, 0.25) is 5.90 Å². The number of carbonyl (C=O) groups excluding carboxylic acids is 1. The van der Waals surface area contributed by atoms with Crippen LogP contribution in [0.5, 0.6) is 5.75 Å². The van der Waals surface area contributed by atoms with Crippen molar-refractivity contribution in [1.82, 2.24) is 10.9 Å². The van der Waals surface area contributed by atoms with Crippen molar-refractivity contribution in [1.29, 1.82) is 0 Å². The molecule has 0 unspecified atom stereocenters. The van der Waals surface area contributed by atoms with Crippen LogP contribution in [0.25, 0.3) is 10.4 Å². The molecule has 1 aliphatic heterocycles. The van der Waals surface area contributed by atoms with E-state index in [0.29, 0.717) is 52.4 Å². The van der Waals surface area contributed by atoms with Crippen LogP contribution in [-0.2, 0) is 22.5 Å². The third kappa shape index (κ3) is 8.13. The van der Waals surface area contributed by atoms with Crippen molar-refractivity contribution in [2.45, 2.75) is 63.1 Å². The van der Waals surface area contributed by atoms with Gasteiger partial charge in [0, 0.05) is 52.1 Å². The largest absolute Gasteiger partial charge is 0.494 e. The van der Waals surface area contributed by atoms with Gasteiger partial charge in [-0.2, -0.15) is 0 Å². The highest BCUT2D eigenvalue weighted by Crippen LogP contribution is 2.45. The molecule has 1 heterocycles. The Bertz CT molecular complexity index is 1570. The van der Waals surface area contributed by atoms with Crippen LogP contribution in [0.1, 0.15) is 66.9 Å². The topological polar surface area (TPSA) is 141 Å². The highest BCUT2D eigenvalue weighted by atomic mass is 35.5. The molecule has 0 saturated heterocycles. The van der Waals surface area contributed by atoms with Crippen LogP contribution in [0.15, 0.2) is 76.8 Å². The minimum Gasteiger partial charge on any atom is -0.494 e. The maximum absolute atomic E-state index is 14.5. The summed E-state index contributed by atoms with van der Waals surface area (Å²) in [5.41, 5.74) is 16.5. The van der Waals surface area contributed by atoms with Gasteiger partial charge in [-0.1, -0.05) is 77.9 Å². The lowest BCUT2D eigenvalue weighted by molar-refractivity contribution is -0.130. The second kappa shape index (κ2) is 16.2. The Kier molecular flexibility index (Phi) is 11.8. The Balaban J connectivity index is 1.56. The van der Waals surface area contributed by atoms with Gasteiger partial charge >= 0.3 is 0 Å². The van der Waals surface area contributed by atoms with E-state index in [9.17, 15) is 4.79 Å². The molecule has 3 aromatic rings.